The highest BCUT2D eigenvalue weighted by molar-refractivity contribution is 5.78. The fourth-order valence-electron chi connectivity index (χ4n) is 3.54. The normalized spacial score (nSPS) is 11.1. The molecule has 0 saturated carbocycles. The molecule has 28 heavy (non-hydrogen) atoms. The SMILES string of the molecule is Cc1ccc(-n2c(=O)c3ccccc3n(Cc3cc(C)ccc3C)c2=O)cc1. The molecule has 0 amide bonds. The van der Waals surface area contributed by atoms with E-state index in [4.69, 9.17) is 0 Å². The van der Waals surface area contributed by atoms with Gasteiger partial charge in [-0.15, -0.1) is 0 Å². The quantitative estimate of drug-likeness (QED) is 0.544. The van der Waals surface area contributed by atoms with Crippen LogP contribution in [0.4, 0.5) is 0 Å². The molecular weight excluding hydrogens is 348 g/mol. The van der Waals surface area contributed by atoms with Gasteiger partial charge in [-0.05, 0) is 56.2 Å². The summed E-state index contributed by atoms with van der Waals surface area (Å²) in [6.07, 6.45) is 0. The van der Waals surface area contributed by atoms with Gasteiger partial charge >= 0.3 is 5.69 Å². The number of benzene rings is 3. The molecule has 1 aromatic heterocycles. The van der Waals surface area contributed by atoms with Gasteiger partial charge in [0.05, 0.1) is 23.1 Å². The largest absolute Gasteiger partial charge is 0.336 e. The maximum Gasteiger partial charge on any atom is 0.336 e. The molecule has 140 valence electrons. The van der Waals surface area contributed by atoms with E-state index in [-0.39, 0.29) is 11.2 Å². The molecule has 1 heterocycles. The second-order valence-electron chi connectivity index (χ2n) is 7.29. The number of nitrogens with zero attached hydrogens (tertiary/aromatic N) is 2. The zero-order valence-electron chi connectivity index (χ0n) is 16.3. The molecule has 0 radical (unpaired) electrons. The summed E-state index contributed by atoms with van der Waals surface area (Å²) < 4.78 is 2.96. The van der Waals surface area contributed by atoms with Gasteiger partial charge in [-0.2, -0.15) is 0 Å². The van der Waals surface area contributed by atoms with Gasteiger partial charge in [-0.3, -0.25) is 9.36 Å². The minimum absolute atomic E-state index is 0.290. The van der Waals surface area contributed by atoms with E-state index in [9.17, 15) is 9.59 Å². The van der Waals surface area contributed by atoms with Gasteiger partial charge in [0, 0.05) is 0 Å². The molecule has 0 atom stereocenters. The van der Waals surface area contributed by atoms with Crippen LogP contribution in [0.25, 0.3) is 16.6 Å². The molecule has 4 aromatic rings. The van der Waals surface area contributed by atoms with Crippen molar-refractivity contribution in [1.29, 1.82) is 0 Å². The Kier molecular flexibility index (Phi) is 4.47. The molecule has 0 fully saturated rings. The Labute approximate surface area is 163 Å². The minimum atomic E-state index is -0.326. The summed E-state index contributed by atoms with van der Waals surface area (Å²) in [5, 5.41) is 0.535. The van der Waals surface area contributed by atoms with Crippen molar-refractivity contribution in [2.24, 2.45) is 0 Å². The standard InChI is InChI=1S/C24H22N2O2/c1-16-9-12-20(13-10-16)26-23(27)21-6-4-5-7-22(21)25(24(26)28)15-19-14-17(2)8-11-18(19)3/h4-14H,15H2,1-3H3. The summed E-state index contributed by atoms with van der Waals surface area (Å²) in [6, 6.07) is 21.0. The molecule has 3 aromatic carbocycles. The summed E-state index contributed by atoms with van der Waals surface area (Å²) in [5.74, 6) is 0. The van der Waals surface area contributed by atoms with Crippen LogP contribution in [0, 0.1) is 20.8 Å². The smallest absolute Gasteiger partial charge is 0.288 e. The van der Waals surface area contributed by atoms with E-state index in [2.05, 4.69) is 18.2 Å². The lowest BCUT2D eigenvalue weighted by atomic mass is 10.1. The van der Waals surface area contributed by atoms with Crippen LogP contribution in [0.5, 0.6) is 0 Å². The fourth-order valence-corrected chi connectivity index (χ4v) is 3.54. The van der Waals surface area contributed by atoms with Crippen molar-refractivity contribution in [2.75, 3.05) is 0 Å². The third-order valence-electron chi connectivity index (χ3n) is 5.18. The van der Waals surface area contributed by atoms with Gasteiger partial charge in [0.15, 0.2) is 0 Å². The number of fused-ring (bicyclic) bond motifs is 1. The Hall–Kier alpha value is -3.40. The molecule has 0 spiro atoms. The Morgan fingerprint density at radius 2 is 1.46 bits per heavy atom. The van der Waals surface area contributed by atoms with Crippen LogP contribution in [0.15, 0.2) is 76.3 Å². The summed E-state index contributed by atoms with van der Waals surface area (Å²) in [5.41, 5.74) is 5.03. The van der Waals surface area contributed by atoms with Crippen molar-refractivity contribution < 1.29 is 0 Å². The van der Waals surface area contributed by atoms with E-state index in [0.717, 1.165) is 22.3 Å². The molecule has 0 bridgehead atoms. The van der Waals surface area contributed by atoms with Gasteiger partial charge in [-0.25, -0.2) is 9.36 Å². The average molecular weight is 370 g/mol. The molecule has 4 nitrogen and oxygen atoms in total. The highest BCUT2D eigenvalue weighted by atomic mass is 16.2. The minimum Gasteiger partial charge on any atom is -0.288 e. The summed E-state index contributed by atoms with van der Waals surface area (Å²) in [7, 11) is 0. The first kappa shape index (κ1) is 18.0. The number of hydrogen-bond acceptors (Lipinski definition) is 2. The molecule has 0 unspecified atom stereocenters. The second kappa shape index (κ2) is 6.97. The van der Waals surface area contributed by atoms with Gasteiger partial charge < -0.3 is 0 Å². The summed E-state index contributed by atoms with van der Waals surface area (Å²) in [6.45, 7) is 6.47. The van der Waals surface area contributed by atoms with E-state index in [1.165, 1.54) is 4.57 Å². The molecule has 0 saturated heterocycles. The fraction of sp³-hybridized carbons (Fsp3) is 0.167. The van der Waals surface area contributed by atoms with E-state index >= 15 is 0 Å². The van der Waals surface area contributed by atoms with Crippen molar-refractivity contribution in [2.45, 2.75) is 27.3 Å². The van der Waals surface area contributed by atoms with Gasteiger partial charge in [0.1, 0.15) is 0 Å². The third kappa shape index (κ3) is 3.07. The topological polar surface area (TPSA) is 44.0 Å². The molecule has 0 aliphatic carbocycles. The number of hydrogen-bond donors (Lipinski definition) is 0. The first-order valence-corrected chi connectivity index (χ1v) is 9.33. The van der Waals surface area contributed by atoms with Crippen molar-refractivity contribution in [3.8, 4) is 5.69 Å². The molecule has 4 heteroatoms. The number of aryl methyl sites for hydroxylation is 3. The van der Waals surface area contributed by atoms with Crippen LogP contribution in [0.3, 0.4) is 0 Å². The van der Waals surface area contributed by atoms with Crippen LogP contribution in [-0.4, -0.2) is 9.13 Å². The van der Waals surface area contributed by atoms with Crippen LogP contribution in [0.2, 0.25) is 0 Å². The maximum atomic E-state index is 13.4. The molecule has 0 aliphatic heterocycles. The van der Waals surface area contributed by atoms with Crippen LogP contribution >= 0.6 is 0 Å². The molecule has 0 N–H and O–H groups in total. The van der Waals surface area contributed by atoms with Crippen molar-refractivity contribution in [3.63, 3.8) is 0 Å². The van der Waals surface area contributed by atoms with Crippen molar-refractivity contribution in [1.82, 2.24) is 9.13 Å². The Bertz CT molecular complexity index is 1300. The Balaban J connectivity index is 2.03. The third-order valence-corrected chi connectivity index (χ3v) is 5.18. The molecule has 4 rings (SSSR count). The highest BCUT2D eigenvalue weighted by Gasteiger charge is 2.15. The van der Waals surface area contributed by atoms with E-state index in [1.807, 2.05) is 63.2 Å². The second-order valence-corrected chi connectivity index (χ2v) is 7.29. The van der Waals surface area contributed by atoms with Gasteiger partial charge in [-0.1, -0.05) is 53.6 Å². The summed E-state index contributed by atoms with van der Waals surface area (Å²) in [4.78, 5) is 26.5. The van der Waals surface area contributed by atoms with Crippen LogP contribution in [-0.2, 0) is 6.54 Å². The molecular formula is C24H22N2O2. The van der Waals surface area contributed by atoms with E-state index < -0.39 is 0 Å². The Morgan fingerprint density at radius 3 is 2.21 bits per heavy atom. The van der Waals surface area contributed by atoms with Crippen molar-refractivity contribution in [3.05, 3.63) is 110 Å². The van der Waals surface area contributed by atoms with Crippen molar-refractivity contribution >= 4 is 10.9 Å². The molecule has 0 aliphatic rings. The lowest BCUT2D eigenvalue weighted by Crippen LogP contribution is -2.39. The lowest BCUT2D eigenvalue weighted by Gasteiger charge is -2.16. The number of rotatable bonds is 3. The first-order valence-electron chi connectivity index (χ1n) is 9.33. The number of para-hydroxylation sites is 1. The van der Waals surface area contributed by atoms with E-state index in [1.54, 1.807) is 10.6 Å². The highest BCUT2D eigenvalue weighted by Crippen LogP contribution is 2.16. The number of aromatic nitrogens is 2. The zero-order chi connectivity index (χ0) is 19.8. The lowest BCUT2D eigenvalue weighted by molar-refractivity contribution is 0.711. The predicted octanol–water partition coefficient (Wildman–Crippen LogP) is 4.13. The van der Waals surface area contributed by atoms with Crippen LogP contribution in [0.1, 0.15) is 22.3 Å². The summed E-state index contributed by atoms with van der Waals surface area (Å²) >= 11 is 0. The van der Waals surface area contributed by atoms with Crippen LogP contribution < -0.4 is 11.2 Å². The van der Waals surface area contributed by atoms with Gasteiger partial charge in [0.25, 0.3) is 5.56 Å². The van der Waals surface area contributed by atoms with Gasteiger partial charge in [0.2, 0.25) is 0 Å². The predicted molar refractivity (Wildman–Crippen MR) is 114 cm³/mol. The maximum absolute atomic E-state index is 13.4. The van der Waals surface area contributed by atoms with E-state index in [0.29, 0.717) is 23.1 Å². The first-order chi connectivity index (χ1) is 13.5. The average Bonchev–Trinajstić information content (AvgIpc) is 2.69. The zero-order valence-corrected chi connectivity index (χ0v) is 16.3. The monoisotopic (exact) mass is 370 g/mol. The Morgan fingerprint density at radius 1 is 0.786 bits per heavy atom.